The molecule has 0 aromatic heterocycles. The number of rotatable bonds is 7. The summed E-state index contributed by atoms with van der Waals surface area (Å²) >= 11 is 0. The van der Waals surface area contributed by atoms with Gasteiger partial charge in [0.15, 0.2) is 11.5 Å². The SMILES string of the molecule is COc1cc(N(C)C(=O)CC2(CN)CCCCC2)cc(OC)c1OC. The molecule has 0 spiro atoms. The van der Waals surface area contributed by atoms with Gasteiger partial charge >= 0.3 is 0 Å². The van der Waals surface area contributed by atoms with Gasteiger partial charge in [-0.2, -0.15) is 0 Å². The maximum Gasteiger partial charge on any atom is 0.227 e. The van der Waals surface area contributed by atoms with Gasteiger partial charge in [0.05, 0.1) is 27.0 Å². The van der Waals surface area contributed by atoms with Crippen LogP contribution in [0.15, 0.2) is 12.1 Å². The van der Waals surface area contributed by atoms with Gasteiger partial charge in [-0.05, 0) is 24.8 Å². The standard InChI is InChI=1S/C19H30N2O4/c1-21(17(22)12-19(13-20)8-6-5-7-9-19)14-10-15(23-2)18(25-4)16(11-14)24-3/h10-11H,5-9,12-13,20H2,1-4H3. The van der Waals surface area contributed by atoms with Gasteiger partial charge in [-0.25, -0.2) is 0 Å². The van der Waals surface area contributed by atoms with E-state index in [1.165, 1.54) is 6.42 Å². The van der Waals surface area contributed by atoms with Crippen molar-refractivity contribution in [3.8, 4) is 17.2 Å². The van der Waals surface area contributed by atoms with Crippen LogP contribution in [0.1, 0.15) is 38.5 Å². The van der Waals surface area contributed by atoms with Crippen LogP contribution in [-0.4, -0.2) is 40.8 Å². The van der Waals surface area contributed by atoms with Gasteiger partial charge in [-0.15, -0.1) is 0 Å². The molecule has 1 fully saturated rings. The summed E-state index contributed by atoms with van der Waals surface area (Å²) < 4.78 is 16.1. The number of methoxy groups -OCH3 is 3. The molecule has 0 unspecified atom stereocenters. The van der Waals surface area contributed by atoms with Gasteiger partial charge in [0.25, 0.3) is 0 Å². The molecule has 0 radical (unpaired) electrons. The largest absolute Gasteiger partial charge is 0.493 e. The molecule has 1 aromatic carbocycles. The van der Waals surface area contributed by atoms with E-state index >= 15 is 0 Å². The number of hydrogen-bond donors (Lipinski definition) is 1. The van der Waals surface area contributed by atoms with Crippen LogP contribution in [0.3, 0.4) is 0 Å². The first-order chi connectivity index (χ1) is 12.0. The molecule has 6 heteroatoms. The molecule has 0 heterocycles. The summed E-state index contributed by atoms with van der Waals surface area (Å²) in [5.41, 5.74) is 6.67. The van der Waals surface area contributed by atoms with Crippen molar-refractivity contribution in [2.75, 3.05) is 39.8 Å². The molecule has 0 saturated heterocycles. The minimum atomic E-state index is -0.0652. The second-order valence-electron chi connectivity index (χ2n) is 6.78. The van der Waals surface area contributed by atoms with E-state index < -0.39 is 0 Å². The van der Waals surface area contributed by atoms with E-state index in [-0.39, 0.29) is 11.3 Å². The lowest BCUT2D eigenvalue weighted by atomic mass is 9.71. The van der Waals surface area contributed by atoms with Crippen LogP contribution in [0.25, 0.3) is 0 Å². The number of nitrogens with zero attached hydrogens (tertiary/aromatic N) is 1. The zero-order valence-electron chi connectivity index (χ0n) is 15.8. The molecule has 140 valence electrons. The zero-order chi connectivity index (χ0) is 18.4. The maximum atomic E-state index is 12.9. The average Bonchev–Trinajstić information content (AvgIpc) is 2.66. The lowest BCUT2D eigenvalue weighted by Crippen LogP contribution is -2.39. The fraction of sp³-hybridized carbons (Fsp3) is 0.632. The van der Waals surface area contributed by atoms with Crippen LogP contribution in [-0.2, 0) is 4.79 Å². The molecule has 1 aliphatic carbocycles. The Balaban J connectivity index is 2.24. The number of anilines is 1. The lowest BCUT2D eigenvalue weighted by molar-refractivity contribution is -0.121. The summed E-state index contributed by atoms with van der Waals surface area (Å²) in [5.74, 6) is 1.63. The highest BCUT2D eigenvalue weighted by molar-refractivity contribution is 5.94. The van der Waals surface area contributed by atoms with E-state index in [0.29, 0.717) is 35.9 Å². The van der Waals surface area contributed by atoms with Gasteiger partial charge in [-0.3, -0.25) is 4.79 Å². The third kappa shape index (κ3) is 4.18. The highest BCUT2D eigenvalue weighted by atomic mass is 16.5. The van der Waals surface area contributed by atoms with Crippen molar-refractivity contribution in [3.05, 3.63) is 12.1 Å². The summed E-state index contributed by atoms with van der Waals surface area (Å²) in [6.07, 6.45) is 6.06. The second-order valence-corrected chi connectivity index (χ2v) is 6.78. The molecule has 1 aromatic rings. The van der Waals surface area contributed by atoms with Crippen LogP contribution in [0.4, 0.5) is 5.69 Å². The highest BCUT2D eigenvalue weighted by Gasteiger charge is 2.34. The van der Waals surface area contributed by atoms with E-state index in [0.717, 1.165) is 25.7 Å². The third-order valence-corrected chi connectivity index (χ3v) is 5.28. The number of carbonyl (C=O) groups excluding carboxylic acids is 1. The predicted octanol–water partition coefficient (Wildman–Crippen LogP) is 2.97. The molecule has 0 aliphatic heterocycles. The van der Waals surface area contributed by atoms with E-state index in [1.54, 1.807) is 45.4 Å². The number of amides is 1. The van der Waals surface area contributed by atoms with Crippen molar-refractivity contribution in [3.63, 3.8) is 0 Å². The molecule has 2 N–H and O–H groups in total. The fourth-order valence-electron chi connectivity index (χ4n) is 3.60. The molecule has 1 saturated carbocycles. The minimum absolute atomic E-state index is 0.0571. The molecular weight excluding hydrogens is 320 g/mol. The third-order valence-electron chi connectivity index (χ3n) is 5.28. The molecule has 6 nitrogen and oxygen atoms in total. The summed E-state index contributed by atoms with van der Waals surface area (Å²) in [6, 6.07) is 3.57. The first kappa shape index (κ1) is 19.4. The van der Waals surface area contributed by atoms with Crippen molar-refractivity contribution < 1.29 is 19.0 Å². The number of carbonyl (C=O) groups is 1. The van der Waals surface area contributed by atoms with Crippen molar-refractivity contribution in [1.29, 1.82) is 0 Å². The van der Waals surface area contributed by atoms with E-state index in [4.69, 9.17) is 19.9 Å². The van der Waals surface area contributed by atoms with Gasteiger partial charge in [-0.1, -0.05) is 19.3 Å². The monoisotopic (exact) mass is 350 g/mol. The number of benzene rings is 1. The van der Waals surface area contributed by atoms with Crippen LogP contribution < -0.4 is 24.8 Å². The van der Waals surface area contributed by atoms with Crippen LogP contribution in [0, 0.1) is 5.41 Å². The molecular formula is C19H30N2O4. The Morgan fingerprint density at radius 2 is 1.64 bits per heavy atom. The Labute approximate surface area is 150 Å². The van der Waals surface area contributed by atoms with Crippen LogP contribution in [0.2, 0.25) is 0 Å². The average molecular weight is 350 g/mol. The summed E-state index contributed by atoms with van der Waals surface area (Å²) in [7, 11) is 6.46. The van der Waals surface area contributed by atoms with Crippen molar-refractivity contribution in [1.82, 2.24) is 0 Å². The molecule has 2 rings (SSSR count). The van der Waals surface area contributed by atoms with Crippen molar-refractivity contribution in [2.24, 2.45) is 11.1 Å². The Morgan fingerprint density at radius 3 is 2.08 bits per heavy atom. The molecule has 1 aliphatic rings. The maximum absolute atomic E-state index is 12.9. The van der Waals surface area contributed by atoms with E-state index in [9.17, 15) is 4.79 Å². The summed E-state index contributed by atoms with van der Waals surface area (Å²) in [4.78, 5) is 14.5. The van der Waals surface area contributed by atoms with Crippen molar-refractivity contribution in [2.45, 2.75) is 38.5 Å². The summed E-state index contributed by atoms with van der Waals surface area (Å²) in [6.45, 7) is 0.557. The first-order valence-electron chi connectivity index (χ1n) is 8.77. The zero-order valence-corrected chi connectivity index (χ0v) is 15.8. The Kier molecular flexibility index (Phi) is 6.53. The quantitative estimate of drug-likeness (QED) is 0.818. The number of ether oxygens (including phenoxy) is 3. The first-order valence-corrected chi connectivity index (χ1v) is 8.77. The molecule has 0 atom stereocenters. The molecule has 1 amide bonds. The Hall–Kier alpha value is -1.95. The number of hydrogen-bond acceptors (Lipinski definition) is 5. The second kappa shape index (κ2) is 8.43. The lowest BCUT2D eigenvalue weighted by Gasteiger charge is -2.36. The van der Waals surface area contributed by atoms with Gasteiger partial charge < -0.3 is 24.8 Å². The number of nitrogens with two attached hydrogens (primary N) is 1. The van der Waals surface area contributed by atoms with Gasteiger partial charge in [0.2, 0.25) is 11.7 Å². The van der Waals surface area contributed by atoms with E-state index in [1.807, 2.05) is 0 Å². The Bertz CT molecular complexity index is 572. The van der Waals surface area contributed by atoms with Gasteiger partial charge in [0, 0.05) is 25.6 Å². The molecule has 25 heavy (non-hydrogen) atoms. The Morgan fingerprint density at radius 1 is 1.08 bits per heavy atom. The van der Waals surface area contributed by atoms with E-state index in [2.05, 4.69) is 0 Å². The minimum Gasteiger partial charge on any atom is -0.493 e. The summed E-state index contributed by atoms with van der Waals surface area (Å²) in [5, 5.41) is 0. The predicted molar refractivity (Wildman–Crippen MR) is 98.7 cm³/mol. The van der Waals surface area contributed by atoms with Gasteiger partial charge in [0.1, 0.15) is 0 Å². The normalized spacial score (nSPS) is 16.2. The fourth-order valence-corrected chi connectivity index (χ4v) is 3.60. The molecule has 0 bridgehead atoms. The van der Waals surface area contributed by atoms with Crippen LogP contribution >= 0.6 is 0 Å². The van der Waals surface area contributed by atoms with Crippen LogP contribution in [0.5, 0.6) is 17.2 Å². The smallest absolute Gasteiger partial charge is 0.227 e. The topological polar surface area (TPSA) is 74.0 Å². The van der Waals surface area contributed by atoms with Crippen molar-refractivity contribution >= 4 is 11.6 Å². The highest BCUT2D eigenvalue weighted by Crippen LogP contribution is 2.42.